The van der Waals surface area contributed by atoms with Crippen molar-refractivity contribution in [1.29, 1.82) is 0 Å². The number of halogens is 2. The highest BCUT2D eigenvalue weighted by Gasteiger charge is 2.45. The number of carbonyl (C=O) groups excluding carboxylic acids is 2. The fraction of sp³-hybridized carbons (Fsp3) is 0.545. The Balaban J connectivity index is 1.53. The highest BCUT2D eigenvalue weighted by atomic mass is 19.3. The summed E-state index contributed by atoms with van der Waals surface area (Å²) in [6.07, 6.45) is 5.50. The lowest BCUT2D eigenvalue weighted by Crippen LogP contribution is -2.51. The van der Waals surface area contributed by atoms with Gasteiger partial charge in [-0.15, -0.1) is 0 Å². The summed E-state index contributed by atoms with van der Waals surface area (Å²) < 4.78 is 32.5. The first-order valence-corrected chi connectivity index (χ1v) is 10.4. The van der Waals surface area contributed by atoms with Crippen LogP contribution < -0.4 is 15.4 Å². The lowest BCUT2D eigenvalue weighted by atomic mass is 9.86. The molecule has 162 valence electrons. The third-order valence-electron chi connectivity index (χ3n) is 6.49. The maximum Gasteiger partial charge on any atom is 0.318 e. The fourth-order valence-electron chi connectivity index (χ4n) is 4.22. The van der Waals surface area contributed by atoms with E-state index in [1.54, 1.807) is 14.0 Å². The molecule has 1 atom stereocenters. The fourth-order valence-corrected chi connectivity index (χ4v) is 4.22. The quantitative estimate of drug-likeness (QED) is 0.780. The number of amides is 3. The van der Waals surface area contributed by atoms with Gasteiger partial charge in [0.05, 0.1) is 18.8 Å². The number of hydrogen-bond acceptors (Lipinski definition) is 3. The molecule has 0 unspecified atom stereocenters. The van der Waals surface area contributed by atoms with E-state index in [1.165, 1.54) is 4.90 Å². The minimum atomic E-state index is -2.54. The molecular formula is C22H27F2N3O3. The van der Waals surface area contributed by atoms with E-state index >= 15 is 0 Å². The number of nitrogens with one attached hydrogen (secondary N) is 2. The predicted molar refractivity (Wildman–Crippen MR) is 110 cm³/mol. The second kappa shape index (κ2) is 7.56. The molecule has 3 amide bonds. The van der Waals surface area contributed by atoms with E-state index < -0.39 is 11.5 Å². The zero-order valence-corrected chi connectivity index (χ0v) is 17.3. The summed E-state index contributed by atoms with van der Waals surface area (Å²) >= 11 is 0. The van der Waals surface area contributed by atoms with Crippen LogP contribution in [-0.2, 0) is 11.2 Å². The largest absolute Gasteiger partial charge is 0.491 e. The molecular weight excluding hydrogens is 392 g/mol. The molecule has 8 heteroatoms. The van der Waals surface area contributed by atoms with Crippen LogP contribution in [0.15, 0.2) is 18.2 Å². The Hall–Kier alpha value is -2.64. The first-order chi connectivity index (χ1) is 14.2. The van der Waals surface area contributed by atoms with Crippen LogP contribution in [0, 0.1) is 5.92 Å². The van der Waals surface area contributed by atoms with Crippen LogP contribution in [-0.4, -0.2) is 48.5 Å². The lowest BCUT2D eigenvalue weighted by Gasteiger charge is -2.29. The van der Waals surface area contributed by atoms with E-state index in [-0.39, 0.29) is 37.2 Å². The van der Waals surface area contributed by atoms with Crippen molar-refractivity contribution < 1.29 is 23.1 Å². The Morgan fingerprint density at radius 1 is 1.33 bits per heavy atom. The molecule has 1 aromatic rings. The van der Waals surface area contributed by atoms with Crippen molar-refractivity contribution in [2.75, 3.05) is 25.5 Å². The van der Waals surface area contributed by atoms with E-state index in [0.29, 0.717) is 30.9 Å². The second-order valence-electron chi connectivity index (χ2n) is 8.65. The monoisotopic (exact) mass is 419 g/mol. The standard InChI is InChI=1S/C22H27F2N3O3/c1-21(13-25-20(29)27(21)2)19(28)26-17-12-15(11-16-7-10-30-18(16)17)4-3-14-5-8-22(23,24)9-6-14/h3-4,11-12,14H,5-10,13H2,1-2H3,(H,25,29)(H,26,28)/b4-3+/t21-/m0/s1. The summed E-state index contributed by atoms with van der Waals surface area (Å²) in [5.74, 6) is -2.04. The van der Waals surface area contributed by atoms with Crippen molar-refractivity contribution in [3.8, 4) is 5.75 Å². The van der Waals surface area contributed by atoms with Crippen molar-refractivity contribution in [3.05, 3.63) is 29.3 Å². The van der Waals surface area contributed by atoms with Crippen LogP contribution >= 0.6 is 0 Å². The van der Waals surface area contributed by atoms with Gasteiger partial charge in [0.15, 0.2) is 0 Å². The van der Waals surface area contributed by atoms with Gasteiger partial charge in [0.1, 0.15) is 11.3 Å². The van der Waals surface area contributed by atoms with E-state index in [2.05, 4.69) is 10.6 Å². The Kier molecular flexibility index (Phi) is 5.20. The molecule has 6 nitrogen and oxygen atoms in total. The van der Waals surface area contributed by atoms with E-state index in [4.69, 9.17) is 4.74 Å². The number of hydrogen-bond donors (Lipinski definition) is 2. The zero-order chi connectivity index (χ0) is 21.5. The molecule has 3 aliphatic rings. The third kappa shape index (κ3) is 3.87. The molecule has 0 bridgehead atoms. The number of urea groups is 1. The number of nitrogens with zero attached hydrogens (tertiary/aromatic N) is 1. The summed E-state index contributed by atoms with van der Waals surface area (Å²) in [4.78, 5) is 26.2. The highest BCUT2D eigenvalue weighted by molar-refractivity contribution is 6.03. The van der Waals surface area contributed by atoms with E-state index in [9.17, 15) is 18.4 Å². The Bertz CT molecular complexity index is 892. The molecule has 1 aliphatic carbocycles. The van der Waals surface area contributed by atoms with Crippen LogP contribution in [0.3, 0.4) is 0 Å². The molecule has 1 aromatic carbocycles. The van der Waals surface area contributed by atoms with Gasteiger partial charge in [-0.25, -0.2) is 13.6 Å². The van der Waals surface area contributed by atoms with Crippen LogP contribution in [0.1, 0.15) is 43.7 Å². The maximum atomic E-state index is 13.4. The molecule has 4 rings (SSSR count). The van der Waals surface area contributed by atoms with Crippen molar-refractivity contribution >= 4 is 23.7 Å². The Morgan fingerprint density at radius 2 is 2.07 bits per heavy atom. The molecule has 0 aromatic heterocycles. The first kappa shape index (κ1) is 20.6. The second-order valence-corrected chi connectivity index (χ2v) is 8.65. The molecule has 1 saturated heterocycles. The number of alkyl halides is 2. The van der Waals surface area contributed by atoms with Gasteiger partial charge in [-0.3, -0.25) is 4.79 Å². The summed E-state index contributed by atoms with van der Waals surface area (Å²) in [6, 6.07) is 3.56. The summed E-state index contributed by atoms with van der Waals surface area (Å²) in [5.41, 5.74) is 1.47. The van der Waals surface area contributed by atoms with Gasteiger partial charge in [-0.1, -0.05) is 12.2 Å². The van der Waals surface area contributed by atoms with E-state index in [1.807, 2.05) is 24.3 Å². The molecule has 1 saturated carbocycles. The van der Waals surface area contributed by atoms with Gasteiger partial charge in [0, 0.05) is 31.9 Å². The van der Waals surface area contributed by atoms with Crippen LogP contribution in [0.5, 0.6) is 5.75 Å². The van der Waals surface area contributed by atoms with Gasteiger partial charge in [-0.05, 0) is 43.4 Å². The summed E-state index contributed by atoms with van der Waals surface area (Å²) in [7, 11) is 1.59. The number of likely N-dealkylation sites (N-methyl/N-ethyl adjacent to an activating group) is 1. The highest BCUT2D eigenvalue weighted by Crippen LogP contribution is 2.38. The average molecular weight is 419 g/mol. The maximum absolute atomic E-state index is 13.4. The van der Waals surface area contributed by atoms with Gasteiger partial charge in [-0.2, -0.15) is 0 Å². The number of ether oxygens (including phenoxy) is 1. The van der Waals surface area contributed by atoms with Crippen LogP contribution in [0.25, 0.3) is 6.08 Å². The SMILES string of the molecule is CN1C(=O)NC[C@@]1(C)C(=O)Nc1cc(/C=C/C2CCC(F)(F)CC2)cc2c1OCC2. The minimum absolute atomic E-state index is 0.0692. The normalized spacial score (nSPS) is 25.9. The van der Waals surface area contributed by atoms with E-state index in [0.717, 1.165) is 17.5 Å². The van der Waals surface area contributed by atoms with Crippen LogP contribution in [0.2, 0.25) is 0 Å². The molecule has 0 radical (unpaired) electrons. The summed E-state index contributed by atoms with van der Waals surface area (Å²) in [6.45, 7) is 2.48. The van der Waals surface area contributed by atoms with Crippen molar-refractivity contribution in [3.63, 3.8) is 0 Å². The zero-order valence-electron chi connectivity index (χ0n) is 17.3. The average Bonchev–Trinajstić information content (AvgIpc) is 3.28. The van der Waals surface area contributed by atoms with Crippen molar-refractivity contribution in [2.24, 2.45) is 5.92 Å². The molecule has 2 fully saturated rings. The number of anilines is 1. The molecule has 0 spiro atoms. The van der Waals surface area contributed by atoms with Gasteiger partial charge in [0.2, 0.25) is 5.92 Å². The van der Waals surface area contributed by atoms with Gasteiger partial charge < -0.3 is 20.3 Å². The smallest absolute Gasteiger partial charge is 0.318 e. The Labute approximate surface area is 174 Å². The number of rotatable bonds is 4. The minimum Gasteiger partial charge on any atom is -0.491 e. The molecule has 2 N–H and O–H groups in total. The van der Waals surface area contributed by atoms with Gasteiger partial charge >= 0.3 is 6.03 Å². The number of benzene rings is 1. The topological polar surface area (TPSA) is 70.7 Å². The van der Waals surface area contributed by atoms with Crippen molar-refractivity contribution in [2.45, 2.75) is 50.5 Å². The number of carbonyl (C=O) groups is 2. The number of allylic oxidation sites excluding steroid dienone is 1. The van der Waals surface area contributed by atoms with Crippen molar-refractivity contribution in [1.82, 2.24) is 10.2 Å². The van der Waals surface area contributed by atoms with Crippen LogP contribution in [0.4, 0.5) is 19.3 Å². The Morgan fingerprint density at radius 3 is 2.73 bits per heavy atom. The van der Waals surface area contributed by atoms with Gasteiger partial charge in [0.25, 0.3) is 5.91 Å². The summed E-state index contributed by atoms with van der Waals surface area (Å²) in [5, 5.41) is 5.62. The number of fused-ring (bicyclic) bond motifs is 1. The lowest BCUT2D eigenvalue weighted by molar-refractivity contribution is -0.123. The molecule has 2 heterocycles. The predicted octanol–water partition coefficient (Wildman–Crippen LogP) is 3.81. The first-order valence-electron chi connectivity index (χ1n) is 10.4. The molecule has 30 heavy (non-hydrogen) atoms. The third-order valence-corrected chi connectivity index (χ3v) is 6.49. The molecule has 2 aliphatic heterocycles.